The van der Waals surface area contributed by atoms with E-state index in [2.05, 4.69) is 4.99 Å². The van der Waals surface area contributed by atoms with Gasteiger partial charge < -0.3 is 18.9 Å². The first-order valence-electron chi connectivity index (χ1n) is 12.8. The highest BCUT2D eigenvalue weighted by molar-refractivity contribution is 7.07. The molecule has 1 aliphatic rings. The van der Waals surface area contributed by atoms with E-state index in [0.717, 1.165) is 10.8 Å². The zero-order valence-electron chi connectivity index (χ0n) is 23.0. The molecular formula is C31H27N3O6S. The number of hydrogen-bond donors (Lipinski definition) is 0. The summed E-state index contributed by atoms with van der Waals surface area (Å²) in [5.41, 5.74) is 1.70. The Morgan fingerprint density at radius 2 is 1.85 bits per heavy atom. The second-order valence-electron chi connectivity index (χ2n) is 9.06. The molecule has 9 nitrogen and oxygen atoms in total. The van der Waals surface area contributed by atoms with Crippen LogP contribution in [0.3, 0.4) is 0 Å². The lowest BCUT2D eigenvalue weighted by molar-refractivity contribution is -0.139. The maximum atomic E-state index is 14.1. The van der Waals surface area contributed by atoms with Crippen molar-refractivity contribution in [1.29, 1.82) is 5.26 Å². The second kappa shape index (κ2) is 11.7. The molecule has 5 rings (SSSR count). The molecule has 4 aromatic rings. The zero-order valence-corrected chi connectivity index (χ0v) is 23.8. The van der Waals surface area contributed by atoms with Crippen LogP contribution in [-0.4, -0.2) is 38.0 Å². The Balaban J connectivity index is 1.78. The molecule has 41 heavy (non-hydrogen) atoms. The van der Waals surface area contributed by atoms with E-state index in [9.17, 15) is 9.59 Å². The maximum absolute atomic E-state index is 14.1. The number of thiazole rings is 1. The fourth-order valence-corrected chi connectivity index (χ4v) is 5.95. The number of benzene rings is 3. The van der Waals surface area contributed by atoms with Crippen molar-refractivity contribution >= 4 is 34.2 Å². The van der Waals surface area contributed by atoms with Crippen LogP contribution >= 0.6 is 11.3 Å². The Morgan fingerprint density at radius 3 is 2.59 bits per heavy atom. The minimum absolute atomic E-state index is 0.137. The summed E-state index contributed by atoms with van der Waals surface area (Å²) in [6, 6.07) is 17.9. The van der Waals surface area contributed by atoms with Crippen LogP contribution in [0.25, 0.3) is 16.8 Å². The van der Waals surface area contributed by atoms with Crippen molar-refractivity contribution in [3.05, 3.63) is 96.7 Å². The van der Waals surface area contributed by atoms with Gasteiger partial charge in [0, 0.05) is 5.56 Å². The summed E-state index contributed by atoms with van der Waals surface area (Å²) >= 11 is 1.21. The summed E-state index contributed by atoms with van der Waals surface area (Å²) in [7, 11) is 3.06. The molecule has 0 unspecified atom stereocenters. The Labute approximate surface area is 239 Å². The van der Waals surface area contributed by atoms with Gasteiger partial charge in [0.15, 0.2) is 22.9 Å². The lowest BCUT2D eigenvalue weighted by Gasteiger charge is -2.25. The van der Waals surface area contributed by atoms with Gasteiger partial charge in [-0.1, -0.05) is 47.7 Å². The van der Waals surface area contributed by atoms with E-state index in [4.69, 9.17) is 24.2 Å². The van der Waals surface area contributed by atoms with Gasteiger partial charge in [-0.25, -0.2) is 9.79 Å². The van der Waals surface area contributed by atoms with Gasteiger partial charge in [-0.05, 0) is 54.5 Å². The molecule has 0 radical (unpaired) electrons. The summed E-state index contributed by atoms with van der Waals surface area (Å²) in [5.74, 6) is 0.905. The van der Waals surface area contributed by atoms with E-state index in [1.807, 2.05) is 36.4 Å². The molecule has 1 atom stereocenters. The van der Waals surface area contributed by atoms with Gasteiger partial charge in [0.05, 0.1) is 42.7 Å². The molecule has 0 spiro atoms. The van der Waals surface area contributed by atoms with Gasteiger partial charge in [-0.3, -0.25) is 9.36 Å². The lowest BCUT2D eigenvalue weighted by atomic mass is 9.95. The van der Waals surface area contributed by atoms with E-state index in [1.165, 1.54) is 30.1 Å². The largest absolute Gasteiger partial charge is 0.493 e. The van der Waals surface area contributed by atoms with Crippen molar-refractivity contribution < 1.29 is 23.7 Å². The number of methoxy groups -OCH3 is 2. The van der Waals surface area contributed by atoms with Gasteiger partial charge >= 0.3 is 5.97 Å². The average molecular weight is 570 g/mol. The van der Waals surface area contributed by atoms with Crippen LogP contribution in [0.15, 0.2) is 75.7 Å². The molecule has 208 valence electrons. The second-order valence-corrected chi connectivity index (χ2v) is 10.1. The number of carbonyl (C=O) groups is 1. The highest BCUT2D eigenvalue weighted by atomic mass is 32.1. The Kier molecular flexibility index (Phi) is 7.90. The van der Waals surface area contributed by atoms with Crippen LogP contribution < -0.4 is 29.1 Å². The van der Waals surface area contributed by atoms with E-state index in [0.29, 0.717) is 43.4 Å². The third-order valence-electron chi connectivity index (χ3n) is 6.74. The highest BCUT2D eigenvalue weighted by Crippen LogP contribution is 2.36. The van der Waals surface area contributed by atoms with E-state index in [1.54, 1.807) is 44.2 Å². The lowest BCUT2D eigenvalue weighted by Crippen LogP contribution is -2.40. The number of nitriles is 1. The molecule has 0 amide bonds. The number of allylic oxidation sites excluding steroid dienone is 1. The smallest absolute Gasteiger partial charge is 0.338 e. The number of rotatable bonds is 8. The summed E-state index contributed by atoms with van der Waals surface area (Å²) in [5, 5.41) is 10.9. The molecular weight excluding hydrogens is 542 g/mol. The van der Waals surface area contributed by atoms with Crippen LogP contribution in [0.4, 0.5) is 0 Å². The summed E-state index contributed by atoms with van der Waals surface area (Å²) < 4.78 is 23.9. The van der Waals surface area contributed by atoms with Crippen LogP contribution in [0.5, 0.6) is 17.2 Å². The zero-order chi connectivity index (χ0) is 29.1. The first-order chi connectivity index (χ1) is 19.9. The van der Waals surface area contributed by atoms with Crippen LogP contribution in [0.2, 0.25) is 0 Å². The number of aromatic nitrogens is 1. The maximum Gasteiger partial charge on any atom is 0.338 e. The molecule has 10 heteroatoms. The average Bonchev–Trinajstić information content (AvgIpc) is 3.29. The minimum atomic E-state index is -0.811. The van der Waals surface area contributed by atoms with E-state index >= 15 is 0 Å². The topological polar surface area (TPSA) is 112 Å². The quantitative estimate of drug-likeness (QED) is 0.296. The number of esters is 1. The van der Waals surface area contributed by atoms with E-state index < -0.39 is 12.0 Å². The molecule has 0 saturated carbocycles. The minimum Gasteiger partial charge on any atom is -0.493 e. The molecule has 0 saturated heterocycles. The first-order valence-corrected chi connectivity index (χ1v) is 13.7. The summed E-state index contributed by atoms with van der Waals surface area (Å²) in [6.07, 6.45) is 1.76. The molecule has 0 N–H and O–H groups in total. The third kappa shape index (κ3) is 5.08. The Morgan fingerprint density at radius 1 is 1.10 bits per heavy atom. The van der Waals surface area contributed by atoms with Crippen LogP contribution in [0, 0.1) is 11.3 Å². The number of ether oxygens (including phenoxy) is 4. The van der Waals surface area contributed by atoms with Crippen LogP contribution in [-0.2, 0) is 9.53 Å². The van der Waals surface area contributed by atoms with Crippen molar-refractivity contribution in [2.24, 2.45) is 4.99 Å². The van der Waals surface area contributed by atoms with Crippen molar-refractivity contribution in [2.45, 2.75) is 19.9 Å². The monoisotopic (exact) mass is 569 g/mol. The number of fused-ring (bicyclic) bond motifs is 2. The molecule has 0 aliphatic carbocycles. The molecule has 0 bridgehead atoms. The standard InChI is InChI=1S/C31H27N3O6S/c1-5-39-30(36)27-18(2)33-31-34(28(27)20-11-13-24(37-3)25(16-20)38-4)29(35)26(41-31)17-22-21-9-7-6-8-19(21)10-12-23(22)40-15-14-32/h6-13,16-17,28H,5,15H2,1-4H3/b26-17-/t28-/m0/s1. The predicted molar refractivity (Wildman–Crippen MR) is 155 cm³/mol. The van der Waals surface area contributed by atoms with E-state index in [-0.39, 0.29) is 24.3 Å². The van der Waals surface area contributed by atoms with Crippen molar-refractivity contribution in [2.75, 3.05) is 27.4 Å². The fourth-order valence-electron chi connectivity index (χ4n) is 4.92. The third-order valence-corrected chi connectivity index (χ3v) is 7.72. The molecule has 3 aromatic carbocycles. The summed E-state index contributed by atoms with van der Waals surface area (Å²) in [4.78, 5) is 32.4. The number of carbonyl (C=O) groups excluding carboxylic acids is 1. The van der Waals surface area contributed by atoms with Crippen LogP contribution in [0.1, 0.15) is 31.0 Å². The van der Waals surface area contributed by atoms with Gasteiger partial charge in [0.25, 0.3) is 5.56 Å². The van der Waals surface area contributed by atoms with Gasteiger partial charge in [-0.15, -0.1) is 0 Å². The number of nitrogens with zero attached hydrogens (tertiary/aromatic N) is 3. The number of hydrogen-bond acceptors (Lipinski definition) is 9. The highest BCUT2D eigenvalue weighted by Gasteiger charge is 2.34. The van der Waals surface area contributed by atoms with Crippen molar-refractivity contribution in [3.63, 3.8) is 0 Å². The molecule has 2 heterocycles. The molecule has 1 aliphatic heterocycles. The Bertz CT molecular complexity index is 1910. The van der Waals surface area contributed by atoms with Crippen molar-refractivity contribution in [3.8, 4) is 23.3 Å². The van der Waals surface area contributed by atoms with Gasteiger partial charge in [0.2, 0.25) is 0 Å². The summed E-state index contributed by atoms with van der Waals surface area (Å²) in [6.45, 7) is 3.49. The molecule has 1 aromatic heterocycles. The van der Waals surface area contributed by atoms with Gasteiger partial charge in [0.1, 0.15) is 11.8 Å². The first kappa shape index (κ1) is 27.7. The van der Waals surface area contributed by atoms with Gasteiger partial charge in [-0.2, -0.15) is 5.26 Å². The predicted octanol–water partition coefficient (Wildman–Crippen LogP) is 3.87. The molecule has 0 fully saturated rings. The normalized spacial score (nSPS) is 14.7. The van der Waals surface area contributed by atoms with Crippen molar-refractivity contribution in [1.82, 2.24) is 4.57 Å². The fraction of sp³-hybridized carbons (Fsp3) is 0.226. The SMILES string of the molecule is CCOC(=O)C1=C(C)N=c2s/c(=C\c3c(OCC#N)ccc4ccccc34)c(=O)n2[C@H]1c1ccc(OC)c(OC)c1. The Hall–Kier alpha value is -4.88.